The molecule has 30 heavy (non-hydrogen) atoms. The molecule has 0 aliphatic rings. The Hall–Kier alpha value is -3.72. The van der Waals surface area contributed by atoms with Crippen molar-refractivity contribution in [3.63, 3.8) is 0 Å². The third-order valence-electron chi connectivity index (χ3n) is 4.55. The standard InChI is InChI=1S/C21H24N8O/c1-14-9-18(30-29-14)13-24-21-23-8-7-19(26-21)25-20-11-17(27-28-20)6-5-15-3-2-4-16(10-15)12-22/h2-4,7-11H,5-6,12-13,22H2,1H3,(H3,23,24,25,26,27,28). The van der Waals surface area contributed by atoms with Gasteiger partial charge in [0.1, 0.15) is 5.82 Å². The lowest BCUT2D eigenvalue weighted by Crippen LogP contribution is -2.04. The van der Waals surface area contributed by atoms with Gasteiger partial charge in [-0.25, -0.2) is 4.98 Å². The van der Waals surface area contributed by atoms with Crippen LogP contribution in [0, 0.1) is 6.92 Å². The fraction of sp³-hybridized carbons (Fsp3) is 0.238. The summed E-state index contributed by atoms with van der Waals surface area (Å²) in [6.45, 7) is 2.89. The predicted octanol–water partition coefficient (Wildman–Crippen LogP) is 3.10. The Morgan fingerprint density at radius 3 is 2.80 bits per heavy atom. The second-order valence-electron chi connectivity index (χ2n) is 6.98. The third kappa shape index (κ3) is 5.21. The Kier molecular flexibility index (Phi) is 6.00. The molecule has 1 aromatic carbocycles. The number of aromatic nitrogens is 5. The molecular formula is C21H24N8O. The largest absolute Gasteiger partial charge is 0.359 e. The minimum atomic E-state index is 0.461. The van der Waals surface area contributed by atoms with Crippen molar-refractivity contribution in [1.29, 1.82) is 0 Å². The molecule has 154 valence electrons. The van der Waals surface area contributed by atoms with Crippen LogP contribution in [0.4, 0.5) is 17.6 Å². The topological polar surface area (TPSA) is 131 Å². The van der Waals surface area contributed by atoms with Gasteiger partial charge in [0.25, 0.3) is 0 Å². The first kappa shape index (κ1) is 19.6. The van der Waals surface area contributed by atoms with Crippen molar-refractivity contribution in [2.45, 2.75) is 32.9 Å². The number of nitrogens with zero attached hydrogens (tertiary/aromatic N) is 4. The summed E-state index contributed by atoms with van der Waals surface area (Å²) in [5.41, 5.74) is 10.0. The Morgan fingerprint density at radius 1 is 1.07 bits per heavy atom. The molecule has 0 aliphatic heterocycles. The van der Waals surface area contributed by atoms with Gasteiger partial charge in [0, 0.05) is 30.6 Å². The summed E-state index contributed by atoms with van der Waals surface area (Å²) in [5, 5.41) is 17.6. The molecule has 5 N–H and O–H groups in total. The summed E-state index contributed by atoms with van der Waals surface area (Å²) in [7, 11) is 0. The van der Waals surface area contributed by atoms with Crippen LogP contribution in [0.25, 0.3) is 0 Å². The lowest BCUT2D eigenvalue weighted by atomic mass is 10.1. The lowest BCUT2D eigenvalue weighted by molar-refractivity contribution is 0.384. The van der Waals surface area contributed by atoms with Gasteiger partial charge in [-0.15, -0.1) is 0 Å². The van der Waals surface area contributed by atoms with Crippen molar-refractivity contribution in [1.82, 2.24) is 25.3 Å². The fourth-order valence-electron chi connectivity index (χ4n) is 3.06. The molecule has 9 nitrogen and oxygen atoms in total. The van der Waals surface area contributed by atoms with E-state index in [2.05, 4.69) is 48.1 Å². The first-order valence-corrected chi connectivity index (χ1v) is 9.76. The molecule has 0 fully saturated rings. The van der Waals surface area contributed by atoms with Crippen LogP contribution >= 0.6 is 0 Å². The molecule has 0 unspecified atom stereocenters. The van der Waals surface area contributed by atoms with Crippen LogP contribution < -0.4 is 16.4 Å². The van der Waals surface area contributed by atoms with Crippen molar-refractivity contribution in [2.75, 3.05) is 10.6 Å². The molecule has 0 aliphatic carbocycles. The lowest BCUT2D eigenvalue weighted by Gasteiger charge is -2.05. The highest BCUT2D eigenvalue weighted by molar-refractivity contribution is 5.53. The number of anilines is 3. The molecule has 9 heteroatoms. The number of rotatable bonds is 9. The van der Waals surface area contributed by atoms with Crippen LogP contribution in [0.1, 0.15) is 28.3 Å². The molecule has 4 rings (SSSR count). The van der Waals surface area contributed by atoms with Gasteiger partial charge < -0.3 is 20.9 Å². The van der Waals surface area contributed by atoms with Crippen LogP contribution in [-0.2, 0) is 25.9 Å². The van der Waals surface area contributed by atoms with Crippen molar-refractivity contribution >= 4 is 17.6 Å². The van der Waals surface area contributed by atoms with E-state index in [1.807, 2.05) is 31.2 Å². The Labute approximate surface area is 174 Å². The number of hydrogen-bond donors (Lipinski definition) is 4. The summed E-state index contributed by atoms with van der Waals surface area (Å²) < 4.78 is 5.18. The monoisotopic (exact) mass is 404 g/mol. The van der Waals surface area contributed by atoms with Gasteiger partial charge in [-0.1, -0.05) is 29.4 Å². The molecule has 0 radical (unpaired) electrons. The maximum absolute atomic E-state index is 5.72. The van der Waals surface area contributed by atoms with Crippen molar-refractivity contribution in [3.8, 4) is 0 Å². The average molecular weight is 404 g/mol. The molecule has 3 heterocycles. The zero-order valence-electron chi connectivity index (χ0n) is 16.7. The van der Waals surface area contributed by atoms with Gasteiger partial charge in [-0.2, -0.15) is 10.1 Å². The predicted molar refractivity (Wildman–Crippen MR) is 114 cm³/mol. The molecular weight excluding hydrogens is 380 g/mol. The first-order valence-electron chi connectivity index (χ1n) is 9.76. The number of H-pyrrole nitrogens is 1. The smallest absolute Gasteiger partial charge is 0.224 e. The van der Waals surface area contributed by atoms with Gasteiger partial charge in [0.05, 0.1) is 12.2 Å². The minimum absolute atomic E-state index is 0.461. The minimum Gasteiger partial charge on any atom is -0.359 e. The van der Waals surface area contributed by atoms with Crippen molar-refractivity contribution < 1.29 is 4.52 Å². The summed E-state index contributed by atoms with van der Waals surface area (Å²) >= 11 is 0. The number of aromatic amines is 1. The molecule has 4 aromatic rings. The number of benzene rings is 1. The number of hydrogen-bond acceptors (Lipinski definition) is 8. The maximum Gasteiger partial charge on any atom is 0.224 e. The fourth-order valence-corrected chi connectivity index (χ4v) is 3.06. The zero-order chi connectivity index (χ0) is 20.8. The van der Waals surface area contributed by atoms with Crippen LogP contribution in [0.3, 0.4) is 0 Å². The summed E-state index contributed by atoms with van der Waals surface area (Å²) in [4.78, 5) is 8.67. The Bertz CT molecular complexity index is 1100. The van der Waals surface area contributed by atoms with Crippen LogP contribution in [-0.4, -0.2) is 25.3 Å². The molecule has 0 atom stereocenters. The number of aryl methyl sites for hydroxylation is 3. The van der Waals surface area contributed by atoms with Gasteiger partial charge in [0.15, 0.2) is 11.6 Å². The molecule has 0 saturated carbocycles. The van der Waals surface area contributed by atoms with E-state index in [4.69, 9.17) is 10.3 Å². The maximum atomic E-state index is 5.72. The van der Waals surface area contributed by atoms with Gasteiger partial charge in [-0.3, -0.25) is 5.10 Å². The summed E-state index contributed by atoms with van der Waals surface area (Å²) in [6, 6.07) is 14.0. The molecule has 0 bridgehead atoms. The molecule has 0 amide bonds. The highest BCUT2D eigenvalue weighted by Crippen LogP contribution is 2.16. The van der Waals surface area contributed by atoms with Gasteiger partial charge in [0.2, 0.25) is 5.95 Å². The van der Waals surface area contributed by atoms with Gasteiger partial charge in [-0.05, 0) is 37.0 Å². The van der Waals surface area contributed by atoms with E-state index in [1.165, 1.54) is 5.56 Å². The third-order valence-corrected chi connectivity index (χ3v) is 4.55. The molecule has 0 saturated heterocycles. The van der Waals surface area contributed by atoms with E-state index in [0.717, 1.165) is 35.6 Å². The van der Waals surface area contributed by atoms with Crippen LogP contribution in [0.5, 0.6) is 0 Å². The zero-order valence-corrected chi connectivity index (χ0v) is 16.7. The van der Waals surface area contributed by atoms with E-state index in [0.29, 0.717) is 30.7 Å². The van der Waals surface area contributed by atoms with Crippen molar-refractivity contribution in [3.05, 3.63) is 76.9 Å². The molecule has 3 aromatic heterocycles. The quantitative estimate of drug-likeness (QED) is 0.335. The van der Waals surface area contributed by atoms with E-state index in [-0.39, 0.29) is 0 Å². The number of nitrogens with one attached hydrogen (secondary N) is 3. The van der Waals surface area contributed by atoms with E-state index < -0.39 is 0 Å². The normalized spacial score (nSPS) is 10.9. The van der Waals surface area contributed by atoms with E-state index >= 15 is 0 Å². The van der Waals surface area contributed by atoms with E-state index in [9.17, 15) is 0 Å². The highest BCUT2D eigenvalue weighted by Gasteiger charge is 2.06. The Morgan fingerprint density at radius 2 is 1.97 bits per heavy atom. The Balaban J connectivity index is 1.32. The average Bonchev–Trinajstić information content (AvgIpc) is 3.40. The van der Waals surface area contributed by atoms with Crippen molar-refractivity contribution in [2.24, 2.45) is 5.73 Å². The van der Waals surface area contributed by atoms with Gasteiger partial charge >= 0.3 is 0 Å². The SMILES string of the molecule is Cc1cc(CNc2nccc(Nc3cc(CCc4cccc(CN)c4)[nH]n3)n2)on1. The summed E-state index contributed by atoms with van der Waals surface area (Å²) in [6.07, 6.45) is 3.45. The second kappa shape index (κ2) is 9.19. The van der Waals surface area contributed by atoms with E-state index in [1.54, 1.807) is 12.3 Å². The van der Waals surface area contributed by atoms with Crippen LogP contribution in [0.15, 0.2) is 53.2 Å². The number of nitrogens with two attached hydrogens (primary N) is 1. The van der Waals surface area contributed by atoms with Crippen LogP contribution in [0.2, 0.25) is 0 Å². The highest BCUT2D eigenvalue weighted by atomic mass is 16.5. The summed E-state index contributed by atoms with van der Waals surface area (Å²) in [5.74, 6) is 2.57. The second-order valence-corrected chi connectivity index (χ2v) is 6.98. The first-order chi connectivity index (χ1) is 14.7. The molecule has 0 spiro atoms.